The first-order valence-corrected chi connectivity index (χ1v) is 11.0. The van der Waals surface area contributed by atoms with Gasteiger partial charge in [-0.2, -0.15) is 0 Å². The molecule has 6 aromatic rings. The van der Waals surface area contributed by atoms with E-state index in [4.69, 9.17) is 0 Å². The van der Waals surface area contributed by atoms with Crippen molar-refractivity contribution in [1.29, 1.82) is 0 Å². The molecule has 0 saturated carbocycles. The number of hydrogen-bond donors (Lipinski definition) is 0. The maximum absolute atomic E-state index is 2.42. The van der Waals surface area contributed by atoms with Gasteiger partial charge in [0.1, 0.15) is 0 Å². The van der Waals surface area contributed by atoms with E-state index < -0.39 is 0 Å². The van der Waals surface area contributed by atoms with Crippen LogP contribution < -0.4 is 4.90 Å². The molecule has 0 radical (unpaired) electrons. The maximum Gasteiger partial charge on any atom is 0.0547 e. The summed E-state index contributed by atoms with van der Waals surface area (Å²) >= 11 is 1.90. The van der Waals surface area contributed by atoms with Crippen molar-refractivity contribution in [3.63, 3.8) is 0 Å². The maximum atomic E-state index is 2.42. The van der Waals surface area contributed by atoms with Crippen LogP contribution in [0, 0.1) is 0 Å². The van der Waals surface area contributed by atoms with Gasteiger partial charge >= 0.3 is 0 Å². The van der Waals surface area contributed by atoms with Crippen LogP contribution in [0.3, 0.4) is 0 Å². The van der Waals surface area contributed by atoms with Crippen LogP contribution in [0.15, 0.2) is 103 Å². The Morgan fingerprint density at radius 2 is 1.27 bits per heavy atom. The lowest BCUT2D eigenvalue weighted by atomic mass is 9.89. The van der Waals surface area contributed by atoms with Gasteiger partial charge in [0.05, 0.1) is 11.4 Å². The number of thiophene rings is 1. The summed E-state index contributed by atoms with van der Waals surface area (Å²) in [6, 6.07) is 37.4. The summed E-state index contributed by atoms with van der Waals surface area (Å²) in [5.74, 6) is 0. The third-order valence-corrected chi connectivity index (χ3v) is 7.39. The second-order valence-electron chi connectivity index (χ2n) is 7.79. The molecule has 0 unspecified atom stereocenters. The molecule has 0 N–H and O–H groups in total. The SMILES string of the molecule is c1ccc(N2c3ccccc3-c3cc4c5ccccc5sc4c4cccc2c34)cc1. The Kier molecular flexibility index (Phi) is 3.21. The van der Waals surface area contributed by atoms with Gasteiger partial charge in [-0.3, -0.25) is 0 Å². The first-order chi connectivity index (χ1) is 14.9. The molecule has 0 spiro atoms. The van der Waals surface area contributed by atoms with Gasteiger partial charge < -0.3 is 4.90 Å². The molecule has 0 saturated heterocycles. The molecule has 0 bridgehead atoms. The van der Waals surface area contributed by atoms with Gasteiger partial charge in [-0.1, -0.05) is 66.7 Å². The van der Waals surface area contributed by atoms with Gasteiger partial charge in [0.15, 0.2) is 0 Å². The Hall–Kier alpha value is -3.62. The van der Waals surface area contributed by atoms with E-state index in [2.05, 4.69) is 108 Å². The predicted octanol–water partition coefficient (Wildman–Crippen LogP) is 8.66. The highest BCUT2D eigenvalue weighted by molar-refractivity contribution is 7.26. The Morgan fingerprint density at radius 3 is 2.20 bits per heavy atom. The van der Waals surface area contributed by atoms with Crippen molar-refractivity contribution in [3.05, 3.63) is 103 Å². The molecule has 30 heavy (non-hydrogen) atoms. The third kappa shape index (κ3) is 2.06. The average molecular weight is 400 g/mol. The van der Waals surface area contributed by atoms with E-state index >= 15 is 0 Å². The summed E-state index contributed by atoms with van der Waals surface area (Å²) in [5, 5.41) is 5.40. The molecule has 0 aliphatic carbocycles. The van der Waals surface area contributed by atoms with Crippen molar-refractivity contribution in [2.24, 2.45) is 0 Å². The summed E-state index contributed by atoms with van der Waals surface area (Å²) in [7, 11) is 0. The Morgan fingerprint density at radius 1 is 0.533 bits per heavy atom. The van der Waals surface area contributed by atoms with Gasteiger partial charge in [-0.25, -0.2) is 0 Å². The van der Waals surface area contributed by atoms with Gasteiger partial charge in [0.2, 0.25) is 0 Å². The third-order valence-electron chi connectivity index (χ3n) is 6.17. The lowest BCUT2D eigenvalue weighted by molar-refractivity contribution is 1.29. The highest BCUT2D eigenvalue weighted by atomic mass is 32.1. The molecule has 1 aliphatic heterocycles. The Balaban J connectivity index is 1.70. The fraction of sp³-hybridized carbons (Fsp3) is 0. The fourth-order valence-electron chi connectivity index (χ4n) is 4.92. The highest BCUT2D eigenvalue weighted by Crippen LogP contribution is 2.53. The fourth-order valence-corrected chi connectivity index (χ4v) is 6.13. The summed E-state index contributed by atoms with van der Waals surface area (Å²) in [6.45, 7) is 0. The van der Waals surface area contributed by atoms with Gasteiger partial charge in [-0.05, 0) is 42.0 Å². The molecular formula is C28H17NS. The topological polar surface area (TPSA) is 3.24 Å². The van der Waals surface area contributed by atoms with Crippen molar-refractivity contribution in [3.8, 4) is 11.1 Å². The number of nitrogens with zero attached hydrogens (tertiary/aromatic N) is 1. The van der Waals surface area contributed by atoms with Crippen molar-refractivity contribution in [2.75, 3.05) is 4.90 Å². The monoisotopic (exact) mass is 399 g/mol. The minimum atomic E-state index is 1.19. The van der Waals surface area contributed by atoms with Crippen molar-refractivity contribution < 1.29 is 0 Å². The number of benzene rings is 5. The zero-order valence-electron chi connectivity index (χ0n) is 16.2. The van der Waals surface area contributed by atoms with Crippen molar-refractivity contribution in [2.45, 2.75) is 0 Å². The van der Waals surface area contributed by atoms with Gasteiger partial charge in [0, 0.05) is 42.2 Å². The Bertz CT molecular complexity index is 1590. The van der Waals surface area contributed by atoms with E-state index in [1.165, 1.54) is 59.1 Å². The zero-order chi connectivity index (χ0) is 19.7. The molecule has 5 aromatic carbocycles. The molecule has 0 fully saturated rings. The van der Waals surface area contributed by atoms with Gasteiger partial charge in [-0.15, -0.1) is 11.3 Å². The summed E-state index contributed by atoms with van der Waals surface area (Å²) in [6.07, 6.45) is 0. The first-order valence-electron chi connectivity index (χ1n) is 10.2. The standard InChI is InChI=1S/C28H17NS/c1-2-9-18(10-3-1)29-24-14-6-4-11-19(24)22-17-23-20-12-5-7-16-26(20)30-28(23)21-13-8-15-25(29)27(21)22/h1-17H. The van der Waals surface area contributed by atoms with Crippen LogP contribution in [-0.4, -0.2) is 0 Å². The van der Waals surface area contributed by atoms with E-state index in [0.29, 0.717) is 0 Å². The van der Waals surface area contributed by atoms with Crippen LogP contribution in [0.5, 0.6) is 0 Å². The number of para-hydroxylation sites is 2. The van der Waals surface area contributed by atoms with Crippen LogP contribution in [0.4, 0.5) is 17.1 Å². The predicted molar refractivity (Wildman–Crippen MR) is 131 cm³/mol. The van der Waals surface area contributed by atoms with E-state index in [1.54, 1.807) is 0 Å². The Labute approximate surface area is 178 Å². The minimum Gasteiger partial charge on any atom is -0.309 e. The molecule has 7 rings (SSSR count). The molecule has 1 aliphatic rings. The largest absolute Gasteiger partial charge is 0.309 e. The van der Waals surface area contributed by atoms with E-state index in [1.807, 2.05) is 11.3 Å². The normalized spacial score (nSPS) is 12.6. The second-order valence-corrected chi connectivity index (χ2v) is 8.84. The van der Waals surface area contributed by atoms with Crippen LogP contribution in [0.2, 0.25) is 0 Å². The van der Waals surface area contributed by atoms with E-state index in [-0.39, 0.29) is 0 Å². The van der Waals surface area contributed by atoms with Crippen LogP contribution >= 0.6 is 11.3 Å². The first kappa shape index (κ1) is 16.2. The molecular weight excluding hydrogens is 382 g/mol. The summed E-state index contributed by atoms with van der Waals surface area (Å²) < 4.78 is 2.73. The van der Waals surface area contributed by atoms with E-state index in [9.17, 15) is 0 Å². The number of anilines is 3. The quantitative estimate of drug-likeness (QED) is 0.267. The van der Waals surface area contributed by atoms with Crippen LogP contribution in [-0.2, 0) is 0 Å². The zero-order valence-corrected chi connectivity index (χ0v) is 17.0. The lowest BCUT2D eigenvalue weighted by Crippen LogP contribution is -2.14. The molecule has 0 amide bonds. The average Bonchev–Trinajstić information content (AvgIpc) is 3.19. The highest BCUT2D eigenvalue weighted by Gasteiger charge is 2.27. The van der Waals surface area contributed by atoms with Crippen LogP contribution in [0.25, 0.3) is 42.1 Å². The van der Waals surface area contributed by atoms with Crippen LogP contribution in [0.1, 0.15) is 0 Å². The molecule has 2 heteroatoms. The number of hydrogen-bond acceptors (Lipinski definition) is 2. The summed E-state index contributed by atoms with van der Waals surface area (Å²) in [4.78, 5) is 2.41. The van der Waals surface area contributed by atoms with Gasteiger partial charge in [0.25, 0.3) is 0 Å². The molecule has 2 heterocycles. The summed E-state index contributed by atoms with van der Waals surface area (Å²) in [5.41, 5.74) is 6.32. The number of fused-ring (bicyclic) bond motifs is 6. The van der Waals surface area contributed by atoms with Crippen molar-refractivity contribution >= 4 is 59.3 Å². The molecule has 0 atom stereocenters. The second kappa shape index (κ2) is 5.94. The molecule has 1 nitrogen and oxygen atoms in total. The van der Waals surface area contributed by atoms with Crippen molar-refractivity contribution in [1.82, 2.24) is 0 Å². The molecule has 1 aromatic heterocycles. The van der Waals surface area contributed by atoms with E-state index in [0.717, 1.165) is 0 Å². The smallest absolute Gasteiger partial charge is 0.0547 e. The molecule has 140 valence electrons. The number of rotatable bonds is 1. The lowest BCUT2D eigenvalue weighted by Gasteiger charge is -2.33. The minimum absolute atomic E-state index is 1.19.